The Morgan fingerprint density at radius 1 is 0.418 bits per heavy atom. The second kappa shape index (κ2) is 13.0. The number of rotatable bonds is 5. The Balaban J connectivity index is 1.03. The quantitative estimate of drug-likeness (QED) is 0.157. The van der Waals surface area contributed by atoms with E-state index in [9.17, 15) is 0 Å². The molecule has 1 atom stereocenters. The maximum Gasteiger partial charge on any atom is 0.0546 e. The van der Waals surface area contributed by atoms with Crippen molar-refractivity contribution >= 4 is 43.4 Å². The van der Waals surface area contributed by atoms with Crippen molar-refractivity contribution in [1.29, 1.82) is 0 Å². The summed E-state index contributed by atoms with van der Waals surface area (Å²) in [6.07, 6.45) is 3.25. The first kappa shape index (κ1) is 31.8. The van der Waals surface area contributed by atoms with Gasteiger partial charge in [0, 0.05) is 16.2 Å². The molecule has 1 heteroatoms. The van der Waals surface area contributed by atoms with E-state index in [4.69, 9.17) is 0 Å². The van der Waals surface area contributed by atoms with Gasteiger partial charge in [-0.25, -0.2) is 0 Å². The van der Waals surface area contributed by atoms with E-state index >= 15 is 0 Å². The van der Waals surface area contributed by atoms with Crippen LogP contribution in [-0.2, 0) is 12.8 Å². The Morgan fingerprint density at radius 2 is 1.05 bits per heavy atom. The maximum absolute atomic E-state index is 2.48. The van der Waals surface area contributed by atoms with Gasteiger partial charge in [-0.2, -0.15) is 0 Å². The minimum absolute atomic E-state index is 0.441. The molecule has 1 aromatic heterocycles. The van der Waals surface area contributed by atoms with E-state index < -0.39 is 0 Å². The zero-order valence-corrected chi connectivity index (χ0v) is 30.6. The molecule has 1 heterocycles. The molecule has 10 aromatic rings. The Labute approximate surface area is 321 Å². The van der Waals surface area contributed by atoms with Crippen molar-refractivity contribution in [3.63, 3.8) is 0 Å². The predicted molar refractivity (Wildman–Crippen MR) is 233 cm³/mol. The van der Waals surface area contributed by atoms with Crippen LogP contribution in [0.25, 0.3) is 82.4 Å². The average molecular weight is 702 g/mol. The number of para-hydroxylation sites is 1. The van der Waals surface area contributed by atoms with Crippen LogP contribution in [0.15, 0.2) is 194 Å². The van der Waals surface area contributed by atoms with Crippen molar-refractivity contribution in [3.8, 4) is 39.1 Å². The summed E-state index contributed by atoms with van der Waals surface area (Å²) in [6, 6.07) is 72.2. The highest BCUT2D eigenvalue weighted by molar-refractivity contribution is 6.15. The fraction of sp³-hybridized carbons (Fsp3) is 0.0741. The molecule has 0 saturated heterocycles. The van der Waals surface area contributed by atoms with E-state index in [1.54, 1.807) is 0 Å². The lowest BCUT2D eigenvalue weighted by Gasteiger charge is -2.20. The molecule has 9 aromatic carbocycles. The van der Waals surface area contributed by atoms with Gasteiger partial charge in [0.25, 0.3) is 0 Å². The Morgan fingerprint density at radius 3 is 1.93 bits per heavy atom. The molecule has 0 saturated carbocycles. The second-order valence-electron chi connectivity index (χ2n) is 15.2. The summed E-state index contributed by atoms with van der Waals surface area (Å²) in [7, 11) is 0. The monoisotopic (exact) mass is 701 g/mol. The van der Waals surface area contributed by atoms with Gasteiger partial charge in [0.15, 0.2) is 0 Å². The van der Waals surface area contributed by atoms with Gasteiger partial charge in [-0.3, -0.25) is 0 Å². The van der Waals surface area contributed by atoms with E-state index in [1.165, 1.54) is 99.1 Å². The van der Waals surface area contributed by atoms with Gasteiger partial charge in [-0.1, -0.05) is 164 Å². The van der Waals surface area contributed by atoms with E-state index in [2.05, 4.69) is 199 Å². The number of benzene rings is 9. The summed E-state index contributed by atoms with van der Waals surface area (Å²) < 4.78 is 2.48. The molecule has 0 spiro atoms. The van der Waals surface area contributed by atoms with Crippen LogP contribution in [0.4, 0.5) is 0 Å². The van der Waals surface area contributed by atoms with Crippen molar-refractivity contribution in [3.05, 3.63) is 211 Å². The first-order valence-corrected chi connectivity index (χ1v) is 19.6. The molecule has 1 unspecified atom stereocenters. The van der Waals surface area contributed by atoms with Crippen molar-refractivity contribution in [2.45, 2.75) is 25.2 Å². The molecule has 1 nitrogen and oxygen atoms in total. The average Bonchev–Trinajstić information content (AvgIpc) is 3.50. The fourth-order valence-electron chi connectivity index (χ4n) is 9.40. The third-order valence-corrected chi connectivity index (χ3v) is 12.1. The lowest BCUT2D eigenvalue weighted by Crippen LogP contribution is -2.04. The normalized spacial score (nSPS) is 13.9. The van der Waals surface area contributed by atoms with E-state index in [1.807, 2.05) is 0 Å². The van der Waals surface area contributed by atoms with Gasteiger partial charge >= 0.3 is 0 Å². The van der Waals surface area contributed by atoms with Crippen LogP contribution < -0.4 is 0 Å². The smallest absolute Gasteiger partial charge is 0.0546 e. The number of hydrogen-bond donors (Lipinski definition) is 0. The van der Waals surface area contributed by atoms with Crippen molar-refractivity contribution in [1.82, 2.24) is 4.57 Å². The highest BCUT2D eigenvalue weighted by Gasteiger charge is 2.24. The van der Waals surface area contributed by atoms with E-state index in [0.29, 0.717) is 5.92 Å². The minimum Gasteiger partial charge on any atom is -0.309 e. The summed E-state index contributed by atoms with van der Waals surface area (Å²) in [6.45, 7) is 0. The van der Waals surface area contributed by atoms with Crippen LogP contribution in [0.1, 0.15) is 29.0 Å². The van der Waals surface area contributed by atoms with Crippen LogP contribution in [0.2, 0.25) is 0 Å². The van der Waals surface area contributed by atoms with E-state index in [-0.39, 0.29) is 0 Å². The second-order valence-corrected chi connectivity index (χ2v) is 15.2. The zero-order chi connectivity index (χ0) is 36.3. The summed E-state index contributed by atoms with van der Waals surface area (Å²) in [5.74, 6) is 0.441. The van der Waals surface area contributed by atoms with Gasteiger partial charge in [-0.05, 0) is 122 Å². The number of nitrogens with zero attached hydrogens (tertiary/aromatic N) is 1. The molecule has 11 rings (SSSR count). The largest absolute Gasteiger partial charge is 0.309 e. The molecule has 0 fully saturated rings. The number of fused-ring (bicyclic) bond motifs is 9. The first-order chi connectivity index (χ1) is 27.3. The topological polar surface area (TPSA) is 4.93 Å². The molecule has 0 bridgehead atoms. The fourth-order valence-corrected chi connectivity index (χ4v) is 9.40. The highest BCUT2D eigenvalue weighted by atomic mass is 15.0. The van der Waals surface area contributed by atoms with Gasteiger partial charge in [0.05, 0.1) is 16.7 Å². The van der Waals surface area contributed by atoms with Gasteiger partial charge in [0.2, 0.25) is 0 Å². The third-order valence-electron chi connectivity index (χ3n) is 12.1. The third kappa shape index (κ3) is 5.38. The number of hydrogen-bond acceptors (Lipinski definition) is 0. The van der Waals surface area contributed by atoms with Crippen LogP contribution in [0.3, 0.4) is 0 Å². The van der Waals surface area contributed by atoms with Gasteiger partial charge in [0.1, 0.15) is 0 Å². The summed E-state index contributed by atoms with van der Waals surface area (Å²) >= 11 is 0. The summed E-state index contributed by atoms with van der Waals surface area (Å²) in [5, 5.41) is 7.64. The van der Waals surface area contributed by atoms with Gasteiger partial charge in [-0.15, -0.1) is 0 Å². The predicted octanol–water partition coefficient (Wildman–Crippen LogP) is 14.4. The SMILES string of the molecule is c1ccc(-c2ccc(CC3CCc4ccccc4-c4cc(-c5ccc6c(c5)c5ccccc5n6-c5cc6ccccc6c6ccccc56)ccc43)cc2)cc1. The maximum atomic E-state index is 2.48. The Kier molecular flexibility index (Phi) is 7.52. The number of aryl methyl sites for hydroxylation is 1. The van der Waals surface area contributed by atoms with Gasteiger partial charge < -0.3 is 4.57 Å². The van der Waals surface area contributed by atoms with Crippen molar-refractivity contribution in [2.24, 2.45) is 0 Å². The molecule has 0 amide bonds. The van der Waals surface area contributed by atoms with Crippen molar-refractivity contribution in [2.75, 3.05) is 0 Å². The first-order valence-electron chi connectivity index (χ1n) is 19.6. The Hall–Kier alpha value is -6.70. The van der Waals surface area contributed by atoms with Crippen LogP contribution in [-0.4, -0.2) is 4.57 Å². The zero-order valence-electron chi connectivity index (χ0n) is 30.6. The molecule has 0 N–H and O–H groups in total. The molecule has 1 aliphatic rings. The molecular weight excluding hydrogens is 663 g/mol. The molecule has 1 aliphatic carbocycles. The molecule has 260 valence electrons. The molecule has 0 aliphatic heterocycles. The molecule has 0 radical (unpaired) electrons. The van der Waals surface area contributed by atoms with Crippen LogP contribution >= 0.6 is 0 Å². The lowest BCUT2D eigenvalue weighted by molar-refractivity contribution is 0.629. The van der Waals surface area contributed by atoms with E-state index in [0.717, 1.165) is 19.3 Å². The molecular formula is C54H39N. The lowest BCUT2D eigenvalue weighted by atomic mass is 9.85. The molecule has 55 heavy (non-hydrogen) atoms. The summed E-state index contributed by atoms with van der Waals surface area (Å²) in [5.41, 5.74) is 15.8. The van der Waals surface area contributed by atoms with Crippen LogP contribution in [0, 0.1) is 0 Å². The van der Waals surface area contributed by atoms with Crippen LogP contribution in [0.5, 0.6) is 0 Å². The highest BCUT2D eigenvalue weighted by Crippen LogP contribution is 2.43. The van der Waals surface area contributed by atoms with Crippen molar-refractivity contribution < 1.29 is 0 Å². The number of aromatic nitrogens is 1. The Bertz CT molecular complexity index is 3060. The standard InChI is InChI=1S/C54H39N/c1-2-12-37(13-3-1)38-24-22-36(23-25-38)32-43-27-26-39-14-4-6-16-44(39)50-33-40(28-30-46(43)50)41-29-31-53-51(34-41)49-20-10-11-21-52(49)55(53)54-35-42-15-5-7-17-45(42)47-18-8-9-19-48(47)54/h1-25,28-31,33-35,43H,26-27,32H2. The minimum atomic E-state index is 0.441. The summed E-state index contributed by atoms with van der Waals surface area (Å²) in [4.78, 5) is 0.